The molecule has 0 atom stereocenters. The third-order valence-electron chi connectivity index (χ3n) is 3.33. The van der Waals surface area contributed by atoms with Crippen LogP contribution in [0, 0.1) is 0 Å². The molecule has 0 bridgehead atoms. The van der Waals surface area contributed by atoms with Gasteiger partial charge in [-0.05, 0) is 25.3 Å². The van der Waals surface area contributed by atoms with Crippen LogP contribution < -0.4 is 0 Å². The first-order valence-electron chi connectivity index (χ1n) is 5.97. The lowest BCUT2D eigenvalue weighted by molar-refractivity contribution is 0.139. The van der Waals surface area contributed by atoms with Crippen LogP contribution in [0.5, 0.6) is 0 Å². The second kappa shape index (κ2) is 5.40. The van der Waals surface area contributed by atoms with E-state index in [4.69, 9.17) is 4.74 Å². The molecule has 1 aliphatic heterocycles. The van der Waals surface area contributed by atoms with Crippen molar-refractivity contribution in [2.75, 3.05) is 19.7 Å². The Hall–Kier alpha value is -0.500. The van der Waals surface area contributed by atoms with E-state index in [1.54, 1.807) is 0 Å². The van der Waals surface area contributed by atoms with Gasteiger partial charge in [0.25, 0.3) is 0 Å². The van der Waals surface area contributed by atoms with Crippen molar-refractivity contribution in [2.45, 2.75) is 44.6 Å². The molecule has 0 amide bonds. The summed E-state index contributed by atoms with van der Waals surface area (Å²) in [6.45, 7) is 3.19. The van der Waals surface area contributed by atoms with Crippen LogP contribution in [0.1, 0.15) is 38.5 Å². The molecular weight excluding hydrogens is 174 g/mol. The molecule has 1 saturated carbocycles. The summed E-state index contributed by atoms with van der Waals surface area (Å²) in [6.07, 6.45) is 12.3. The fourth-order valence-electron chi connectivity index (χ4n) is 2.53. The maximum atomic E-state index is 5.30. The van der Waals surface area contributed by atoms with E-state index in [0.717, 1.165) is 19.2 Å². The Bertz CT molecular complexity index is 185. The van der Waals surface area contributed by atoms with Gasteiger partial charge in [-0.15, -0.1) is 0 Å². The highest BCUT2D eigenvalue weighted by Crippen LogP contribution is 2.22. The highest BCUT2D eigenvalue weighted by Gasteiger charge is 2.20. The third kappa shape index (κ3) is 2.74. The van der Waals surface area contributed by atoms with Crippen LogP contribution in [-0.4, -0.2) is 30.6 Å². The van der Waals surface area contributed by atoms with Crippen molar-refractivity contribution in [3.63, 3.8) is 0 Å². The Morgan fingerprint density at radius 1 is 1.07 bits per heavy atom. The highest BCUT2D eigenvalue weighted by atomic mass is 16.5. The minimum absolute atomic E-state index is 0.853. The predicted molar refractivity (Wildman–Crippen MR) is 58.2 cm³/mol. The Morgan fingerprint density at radius 2 is 1.93 bits per heavy atom. The second-order valence-corrected chi connectivity index (χ2v) is 4.38. The summed E-state index contributed by atoms with van der Waals surface area (Å²) in [5.74, 6) is 0. The second-order valence-electron chi connectivity index (χ2n) is 4.38. The summed E-state index contributed by atoms with van der Waals surface area (Å²) in [7, 11) is 0. The standard InChI is InChI=1S/C12H21NO/c1-2-6-12(7-3-1)13-8-4-10-14-11-5-9-13/h4,10,12H,1-3,5-9,11H2. The summed E-state index contributed by atoms with van der Waals surface area (Å²) in [5.41, 5.74) is 0. The molecule has 2 heteroatoms. The molecule has 0 aromatic carbocycles. The van der Waals surface area contributed by atoms with E-state index < -0.39 is 0 Å². The Morgan fingerprint density at radius 3 is 2.79 bits per heavy atom. The van der Waals surface area contributed by atoms with Crippen LogP contribution in [0.3, 0.4) is 0 Å². The maximum absolute atomic E-state index is 5.30. The monoisotopic (exact) mass is 195 g/mol. The molecule has 2 nitrogen and oxygen atoms in total. The Labute approximate surface area is 86.9 Å². The summed E-state index contributed by atoms with van der Waals surface area (Å²) in [4.78, 5) is 2.64. The summed E-state index contributed by atoms with van der Waals surface area (Å²) >= 11 is 0. The molecule has 80 valence electrons. The van der Waals surface area contributed by atoms with Crippen LogP contribution in [0.15, 0.2) is 12.3 Å². The molecule has 0 N–H and O–H groups in total. The quantitative estimate of drug-likeness (QED) is 0.637. The van der Waals surface area contributed by atoms with Gasteiger partial charge in [0.1, 0.15) is 0 Å². The fraction of sp³-hybridized carbons (Fsp3) is 0.833. The third-order valence-corrected chi connectivity index (χ3v) is 3.33. The lowest BCUT2D eigenvalue weighted by Crippen LogP contribution is -2.38. The van der Waals surface area contributed by atoms with Crippen molar-refractivity contribution >= 4 is 0 Å². The van der Waals surface area contributed by atoms with Gasteiger partial charge in [-0.1, -0.05) is 19.3 Å². The number of hydrogen-bond donors (Lipinski definition) is 0. The fourth-order valence-corrected chi connectivity index (χ4v) is 2.53. The minimum atomic E-state index is 0.853. The largest absolute Gasteiger partial charge is 0.501 e. The van der Waals surface area contributed by atoms with E-state index in [-0.39, 0.29) is 0 Å². The summed E-state index contributed by atoms with van der Waals surface area (Å²) in [6, 6.07) is 0.853. The molecule has 0 unspecified atom stereocenters. The highest BCUT2D eigenvalue weighted by molar-refractivity contribution is 4.85. The van der Waals surface area contributed by atoms with Crippen molar-refractivity contribution in [3.8, 4) is 0 Å². The van der Waals surface area contributed by atoms with E-state index in [1.165, 1.54) is 45.1 Å². The first-order valence-corrected chi connectivity index (χ1v) is 5.97. The Balaban J connectivity index is 1.86. The summed E-state index contributed by atoms with van der Waals surface area (Å²) in [5, 5.41) is 0. The number of rotatable bonds is 1. The SMILES string of the molecule is C1=COCCCN(C2CCCCC2)C1. The van der Waals surface area contributed by atoms with Gasteiger partial charge in [0.15, 0.2) is 0 Å². The van der Waals surface area contributed by atoms with Crippen LogP contribution in [-0.2, 0) is 4.74 Å². The first-order chi connectivity index (χ1) is 6.97. The van der Waals surface area contributed by atoms with Crippen molar-refractivity contribution in [3.05, 3.63) is 12.3 Å². The van der Waals surface area contributed by atoms with Gasteiger partial charge in [-0.2, -0.15) is 0 Å². The molecular formula is C12H21NO. The molecule has 0 saturated heterocycles. The lowest BCUT2D eigenvalue weighted by Gasteiger charge is -2.34. The minimum Gasteiger partial charge on any atom is -0.501 e. The van der Waals surface area contributed by atoms with Gasteiger partial charge < -0.3 is 4.74 Å². The van der Waals surface area contributed by atoms with Gasteiger partial charge in [0.05, 0.1) is 12.9 Å². The van der Waals surface area contributed by atoms with Gasteiger partial charge in [0, 0.05) is 19.1 Å². The molecule has 2 aliphatic rings. The van der Waals surface area contributed by atoms with Crippen molar-refractivity contribution in [1.29, 1.82) is 0 Å². The van der Waals surface area contributed by atoms with Crippen LogP contribution in [0.2, 0.25) is 0 Å². The lowest BCUT2D eigenvalue weighted by atomic mass is 9.94. The van der Waals surface area contributed by atoms with Gasteiger partial charge in [-0.3, -0.25) is 4.90 Å². The molecule has 0 aromatic heterocycles. The van der Waals surface area contributed by atoms with Crippen LogP contribution >= 0.6 is 0 Å². The number of nitrogens with zero attached hydrogens (tertiary/aromatic N) is 1. The zero-order valence-electron chi connectivity index (χ0n) is 8.95. The molecule has 1 fully saturated rings. The average molecular weight is 195 g/mol. The van der Waals surface area contributed by atoms with E-state index in [0.29, 0.717) is 0 Å². The zero-order chi connectivity index (χ0) is 9.64. The average Bonchev–Trinajstić information content (AvgIpc) is 2.18. The number of ether oxygens (including phenoxy) is 1. The van der Waals surface area contributed by atoms with E-state index in [1.807, 2.05) is 6.26 Å². The van der Waals surface area contributed by atoms with Crippen molar-refractivity contribution < 1.29 is 4.74 Å². The number of hydrogen-bond acceptors (Lipinski definition) is 2. The molecule has 14 heavy (non-hydrogen) atoms. The van der Waals surface area contributed by atoms with E-state index >= 15 is 0 Å². The van der Waals surface area contributed by atoms with Crippen molar-refractivity contribution in [2.24, 2.45) is 0 Å². The van der Waals surface area contributed by atoms with Crippen molar-refractivity contribution in [1.82, 2.24) is 4.90 Å². The molecule has 1 heterocycles. The molecule has 0 radical (unpaired) electrons. The molecule has 1 aliphatic carbocycles. The van der Waals surface area contributed by atoms with Gasteiger partial charge in [0.2, 0.25) is 0 Å². The van der Waals surface area contributed by atoms with Crippen LogP contribution in [0.4, 0.5) is 0 Å². The van der Waals surface area contributed by atoms with E-state index in [2.05, 4.69) is 11.0 Å². The smallest absolute Gasteiger partial charge is 0.0885 e. The predicted octanol–water partition coefficient (Wildman–Crippen LogP) is 2.56. The van der Waals surface area contributed by atoms with Crippen LogP contribution in [0.25, 0.3) is 0 Å². The van der Waals surface area contributed by atoms with E-state index in [9.17, 15) is 0 Å². The summed E-state index contributed by atoms with van der Waals surface area (Å²) < 4.78 is 5.30. The molecule has 0 aromatic rings. The maximum Gasteiger partial charge on any atom is 0.0885 e. The normalized spacial score (nSPS) is 26.6. The van der Waals surface area contributed by atoms with Gasteiger partial charge >= 0.3 is 0 Å². The zero-order valence-corrected chi connectivity index (χ0v) is 8.95. The first kappa shape index (κ1) is 10.0. The van der Waals surface area contributed by atoms with Gasteiger partial charge in [-0.25, -0.2) is 0 Å². The molecule has 2 rings (SSSR count). The topological polar surface area (TPSA) is 12.5 Å². The Kier molecular flexibility index (Phi) is 3.87. The molecule has 0 spiro atoms.